The third kappa shape index (κ3) is 3.96. The first-order valence-electron chi connectivity index (χ1n) is 8.66. The van der Waals surface area contributed by atoms with E-state index in [9.17, 15) is 4.79 Å². The number of carbonyl (C=O) groups excluding carboxylic acids is 1. The smallest absolute Gasteiger partial charge is 0.223 e. The largest absolute Gasteiger partial charge is 0.495 e. The monoisotopic (exact) mass is 317 g/mol. The first kappa shape index (κ1) is 16.1. The van der Waals surface area contributed by atoms with Crippen LogP contribution in [-0.2, 0) is 4.79 Å². The quantitative estimate of drug-likeness (QED) is 0.830. The standard InChI is InChI=1S/C18H27N3O2/c1-23-17-7-3-2-6-16(17)20-14-12-19(13-15-20)11-8-18(22)21-9-4-5-10-21/h2-3,6-7H,4-5,8-15H2,1H3. The molecule has 1 amide bonds. The summed E-state index contributed by atoms with van der Waals surface area (Å²) < 4.78 is 5.46. The fourth-order valence-corrected chi connectivity index (χ4v) is 3.48. The molecular formula is C18H27N3O2. The molecule has 3 rings (SSSR count). The highest BCUT2D eigenvalue weighted by Gasteiger charge is 2.22. The molecule has 0 aliphatic carbocycles. The van der Waals surface area contributed by atoms with Gasteiger partial charge in [0.05, 0.1) is 12.8 Å². The number of hydrogen-bond acceptors (Lipinski definition) is 4. The Morgan fingerprint density at radius 1 is 1.04 bits per heavy atom. The average Bonchev–Trinajstić information content (AvgIpc) is 3.15. The number of hydrogen-bond donors (Lipinski definition) is 0. The summed E-state index contributed by atoms with van der Waals surface area (Å²) in [5.74, 6) is 1.26. The summed E-state index contributed by atoms with van der Waals surface area (Å²) >= 11 is 0. The first-order valence-corrected chi connectivity index (χ1v) is 8.66. The van der Waals surface area contributed by atoms with Crippen LogP contribution in [0.2, 0.25) is 0 Å². The zero-order chi connectivity index (χ0) is 16.1. The molecule has 23 heavy (non-hydrogen) atoms. The van der Waals surface area contributed by atoms with Gasteiger partial charge in [-0.25, -0.2) is 0 Å². The molecule has 1 aromatic rings. The third-order valence-corrected chi connectivity index (χ3v) is 4.90. The molecule has 0 saturated carbocycles. The number of benzene rings is 1. The minimum atomic E-state index is 0.328. The summed E-state index contributed by atoms with van der Waals surface area (Å²) in [6.07, 6.45) is 3.00. The van der Waals surface area contributed by atoms with E-state index >= 15 is 0 Å². The maximum Gasteiger partial charge on any atom is 0.223 e. The Morgan fingerprint density at radius 3 is 2.43 bits per heavy atom. The van der Waals surface area contributed by atoms with Crippen LogP contribution in [0.5, 0.6) is 5.75 Å². The lowest BCUT2D eigenvalue weighted by molar-refractivity contribution is -0.130. The number of anilines is 1. The van der Waals surface area contributed by atoms with E-state index in [1.807, 2.05) is 17.0 Å². The van der Waals surface area contributed by atoms with Gasteiger partial charge in [-0.1, -0.05) is 12.1 Å². The summed E-state index contributed by atoms with van der Waals surface area (Å²) in [6.45, 7) is 6.78. The van der Waals surface area contributed by atoms with E-state index in [0.717, 1.165) is 51.6 Å². The van der Waals surface area contributed by atoms with Gasteiger partial charge in [0.25, 0.3) is 0 Å². The van der Waals surface area contributed by atoms with Crippen molar-refractivity contribution in [2.24, 2.45) is 0 Å². The first-order chi connectivity index (χ1) is 11.3. The summed E-state index contributed by atoms with van der Waals surface area (Å²) in [5.41, 5.74) is 1.17. The van der Waals surface area contributed by atoms with Gasteiger partial charge in [-0.05, 0) is 25.0 Å². The van der Waals surface area contributed by atoms with Gasteiger partial charge < -0.3 is 14.5 Å². The van der Waals surface area contributed by atoms with Crippen molar-refractivity contribution in [2.45, 2.75) is 19.3 Å². The van der Waals surface area contributed by atoms with Crippen LogP contribution in [0.15, 0.2) is 24.3 Å². The molecule has 0 N–H and O–H groups in total. The summed E-state index contributed by atoms with van der Waals surface area (Å²) in [6, 6.07) is 8.18. The molecule has 0 radical (unpaired) electrons. The van der Waals surface area contributed by atoms with Gasteiger partial charge in [0.2, 0.25) is 5.91 Å². The fraction of sp³-hybridized carbons (Fsp3) is 0.611. The van der Waals surface area contributed by atoms with Gasteiger partial charge in [0.15, 0.2) is 0 Å². The molecule has 5 nitrogen and oxygen atoms in total. The highest BCUT2D eigenvalue weighted by atomic mass is 16.5. The van der Waals surface area contributed by atoms with E-state index in [1.165, 1.54) is 18.5 Å². The molecule has 2 aliphatic rings. The SMILES string of the molecule is COc1ccccc1N1CCN(CCC(=O)N2CCCC2)CC1. The van der Waals surface area contributed by atoms with E-state index in [2.05, 4.69) is 21.9 Å². The van der Waals surface area contributed by atoms with Crippen LogP contribution >= 0.6 is 0 Å². The number of methoxy groups -OCH3 is 1. The van der Waals surface area contributed by atoms with Gasteiger partial charge in [0, 0.05) is 52.2 Å². The molecule has 2 heterocycles. The van der Waals surface area contributed by atoms with Gasteiger partial charge in [0.1, 0.15) is 5.75 Å². The van der Waals surface area contributed by atoms with Gasteiger partial charge >= 0.3 is 0 Å². The number of amides is 1. The van der Waals surface area contributed by atoms with Crippen molar-refractivity contribution in [3.05, 3.63) is 24.3 Å². The molecule has 126 valence electrons. The molecule has 5 heteroatoms. The Hall–Kier alpha value is -1.75. The van der Waals surface area contributed by atoms with E-state index in [1.54, 1.807) is 7.11 Å². The zero-order valence-electron chi connectivity index (χ0n) is 14.0. The maximum atomic E-state index is 12.1. The van der Waals surface area contributed by atoms with E-state index in [-0.39, 0.29) is 0 Å². The minimum Gasteiger partial charge on any atom is -0.495 e. The normalized spacial score (nSPS) is 19.2. The predicted octanol–water partition coefficient (Wildman–Crippen LogP) is 1.83. The maximum absolute atomic E-state index is 12.1. The lowest BCUT2D eigenvalue weighted by Crippen LogP contribution is -2.47. The van der Waals surface area contributed by atoms with Crippen molar-refractivity contribution in [1.29, 1.82) is 0 Å². The molecule has 2 saturated heterocycles. The second-order valence-corrected chi connectivity index (χ2v) is 6.34. The van der Waals surface area contributed by atoms with Crippen molar-refractivity contribution >= 4 is 11.6 Å². The molecule has 1 aromatic carbocycles. The minimum absolute atomic E-state index is 0.328. The van der Waals surface area contributed by atoms with Crippen LogP contribution in [0, 0.1) is 0 Å². The Morgan fingerprint density at radius 2 is 1.74 bits per heavy atom. The van der Waals surface area contributed by atoms with Crippen LogP contribution in [-0.4, -0.2) is 68.6 Å². The highest BCUT2D eigenvalue weighted by Crippen LogP contribution is 2.28. The molecule has 2 aliphatic heterocycles. The van der Waals surface area contributed by atoms with E-state index in [0.29, 0.717) is 12.3 Å². The summed E-state index contributed by atoms with van der Waals surface area (Å²) in [7, 11) is 1.72. The van der Waals surface area contributed by atoms with Crippen LogP contribution in [0.1, 0.15) is 19.3 Å². The van der Waals surface area contributed by atoms with Crippen LogP contribution in [0.3, 0.4) is 0 Å². The summed E-state index contributed by atoms with van der Waals surface area (Å²) in [4.78, 5) is 18.9. The molecule has 2 fully saturated rings. The van der Waals surface area contributed by atoms with Crippen LogP contribution in [0.25, 0.3) is 0 Å². The molecule has 0 bridgehead atoms. The molecule has 0 unspecified atom stereocenters. The number of para-hydroxylation sites is 2. The van der Waals surface area contributed by atoms with Crippen molar-refractivity contribution < 1.29 is 9.53 Å². The van der Waals surface area contributed by atoms with Crippen LogP contribution < -0.4 is 9.64 Å². The van der Waals surface area contributed by atoms with Gasteiger partial charge in [-0.15, -0.1) is 0 Å². The number of piperazine rings is 1. The van der Waals surface area contributed by atoms with E-state index < -0.39 is 0 Å². The Bertz CT molecular complexity index is 521. The fourth-order valence-electron chi connectivity index (χ4n) is 3.48. The lowest BCUT2D eigenvalue weighted by atomic mass is 10.2. The Balaban J connectivity index is 1.46. The third-order valence-electron chi connectivity index (χ3n) is 4.90. The van der Waals surface area contributed by atoms with Crippen molar-refractivity contribution in [3.63, 3.8) is 0 Å². The van der Waals surface area contributed by atoms with Gasteiger partial charge in [-0.3, -0.25) is 9.69 Å². The van der Waals surface area contributed by atoms with Crippen molar-refractivity contribution in [1.82, 2.24) is 9.80 Å². The average molecular weight is 317 g/mol. The summed E-state index contributed by atoms with van der Waals surface area (Å²) in [5, 5.41) is 0. The topological polar surface area (TPSA) is 36.0 Å². The van der Waals surface area contributed by atoms with Crippen molar-refractivity contribution in [2.75, 3.05) is 57.8 Å². The Labute approximate surface area is 138 Å². The number of likely N-dealkylation sites (tertiary alicyclic amines) is 1. The molecular weight excluding hydrogens is 290 g/mol. The van der Waals surface area contributed by atoms with Gasteiger partial charge in [-0.2, -0.15) is 0 Å². The number of ether oxygens (including phenoxy) is 1. The van der Waals surface area contributed by atoms with E-state index in [4.69, 9.17) is 4.74 Å². The second-order valence-electron chi connectivity index (χ2n) is 6.34. The lowest BCUT2D eigenvalue weighted by Gasteiger charge is -2.36. The number of rotatable bonds is 5. The van der Waals surface area contributed by atoms with Crippen molar-refractivity contribution in [3.8, 4) is 5.75 Å². The Kier molecular flexibility index (Phi) is 5.39. The predicted molar refractivity (Wildman–Crippen MR) is 92.1 cm³/mol. The number of carbonyl (C=O) groups is 1. The zero-order valence-corrected chi connectivity index (χ0v) is 14.0. The molecule has 0 aromatic heterocycles. The molecule has 0 spiro atoms. The van der Waals surface area contributed by atoms with Crippen LogP contribution in [0.4, 0.5) is 5.69 Å². The highest BCUT2D eigenvalue weighted by molar-refractivity contribution is 5.76. The second kappa shape index (κ2) is 7.68. The molecule has 0 atom stereocenters. The number of nitrogens with zero attached hydrogens (tertiary/aromatic N) is 3.